The Kier molecular flexibility index (Phi) is 8.14. The summed E-state index contributed by atoms with van der Waals surface area (Å²) < 4.78 is 40.0. The van der Waals surface area contributed by atoms with E-state index in [0.717, 1.165) is 24.1 Å². The van der Waals surface area contributed by atoms with E-state index in [-0.39, 0.29) is 0 Å². The van der Waals surface area contributed by atoms with Gasteiger partial charge in [0.25, 0.3) is 0 Å². The van der Waals surface area contributed by atoms with Gasteiger partial charge in [-0.25, -0.2) is 0 Å². The van der Waals surface area contributed by atoms with Gasteiger partial charge in [-0.05, 0) is 13.8 Å². The molecule has 0 saturated heterocycles. The number of rotatable bonds is 4. The summed E-state index contributed by atoms with van der Waals surface area (Å²) in [6.45, 7) is 7.71. The minimum absolute atomic E-state index is 0.304. The number of likely N-dealkylation sites (N-methyl/N-ethyl adjacent to an activating group) is 1. The second-order valence-electron chi connectivity index (χ2n) is 3.19. The van der Waals surface area contributed by atoms with Gasteiger partial charge in [0.05, 0.1) is 26.7 Å². The first-order chi connectivity index (χ1) is 6.18. The molecule has 14 heavy (non-hydrogen) atoms. The van der Waals surface area contributed by atoms with Crippen LogP contribution in [0.25, 0.3) is 0 Å². The van der Waals surface area contributed by atoms with Crippen LogP contribution >= 0.6 is 0 Å². The standard InChI is InChI=1S/C7H18NO.BF4/c1-4-8(3,5-2)6-7-9;2-1(3,4)5/h9H,4-7H2,1-3H3;/q+1;-1. The minimum atomic E-state index is -6.00. The van der Waals surface area contributed by atoms with Gasteiger partial charge >= 0.3 is 7.25 Å². The number of hydrogen-bond donors (Lipinski definition) is 1. The number of nitrogens with zero attached hydrogens (tertiary/aromatic N) is 1. The Hall–Kier alpha value is -0.295. The maximum Gasteiger partial charge on any atom is 0.673 e. The summed E-state index contributed by atoms with van der Waals surface area (Å²) in [5.41, 5.74) is 0. The van der Waals surface area contributed by atoms with Gasteiger partial charge in [-0.2, -0.15) is 0 Å². The van der Waals surface area contributed by atoms with Crippen LogP contribution in [-0.2, 0) is 0 Å². The second kappa shape index (κ2) is 7.06. The van der Waals surface area contributed by atoms with Crippen LogP contribution in [0.4, 0.5) is 17.3 Å². The zero-order valence-electron chi connectivity index (χ0n) is 8.81. The zero-order chi connectivity index (χ0) is 11.8. The van der Waals surface area contributed by atoms with Gasteiger partial charge in [0.1, 0.15) is 6.54 Å². The normalized spacial score (nSPS) is 12.0. The quantitative estimate of drug-likeness (QED) is 0.434. The molecule has 0 aliphatic rings. The predicted octanol–water partition coefficient (Wildman–Crippen LogP) is 1.77. The molecule has 0 fully saturated rings. The van der Waals surface area contributed by atoms with E-state index in [4.69, 9.17) is 5.11 Å². The van der Waals surface area contributed by atoms with Crippen molar-refractivity contribution in [3.05, 3.63) is 0 Å². The number of quaternary nitrogens is 1. The highest BCUT2D eigenvalue weighted by Crippen LogP contribution is 2.06. The number of aliphatic hydroxyl groups is 1. The van der Waals surface area contributed by atoms with E-state index in [1.807, 2.05) is 0 Å². The van der Waals surface area contributed by atoms with Crippen molar-refractivity contribution in [2.75, 3.05) is 33.3 Å². The molecule has 0 atom stereocenters. The van der Waals surface area contributed by atoms with Crippen LogP contribution in [0.1, 0.15) is 13.8 Å². The number of aliphatic hydroxyl groups excluding tert-OH is 1. The van der Waals surface area contributed by atoms with Crippen LogP contribution < -0.4 is 0 Å². The van der Waals surface area contributed by atoms with Crippen molar-refractivity contribution in [1.82, 2.24) is 0 Å². The van der Waals surface area contributed by atoms with Crippen molar-refractivity contribution >= 4 is 7.25 Å². The lowest BCUT2D eigenvalue weighted by Gasteiger charge is -2.31. The summed E-state index contributed by atoms with van der Waals surface area (Å²) >= 11 is 0. The van der Waals surface area contributed by atoms with Crippen molar-refractivity contribution < 1.29 is 26.9 Å². The lowest BCUT2D eigenvalue weighted by atomic mass is 10.3. The van der Waals surface area contributed by atoms with Gasteiger partial charge in [0, 0.05) is 0 Å². The van der Waals surface area contributed by atoms with Gasteiger partial charge in [-0.1, -0.05) is 0 Å². The molecule has 0 aliphatic carbocycles. The summed E-state index contributed by atoms with van der Waals surface area (Å²) in [5, 5.41) is 8.65. The Labute approximate surface area is 82.2 Å². The highest BCUT2D eigenvalue weighted by molar-refractivity contribution is 6.50. The first kappa shape index (κ1) is 16.1. The van der Waals surface area contributed by atoms with E-state index in [1.165, 1.54) is 0 Å². The van der Waals surface area contributed by atoms with E-state index in [0.29, 0.717) is 6.61 Å². The third-order valence-electron chi connectivity index (χ3n) is 2.17. The average molecular weight is 219 g/mol. The molecule has 0 aromatic carbocycles. The van der Waals surface area contributed by atoms with Crippen molar-refractivity contribution in [2.24, 2.45) is 0 Å². The SMILES string of the molecule is CC[N+](C)(CC)CCO.F[B-](F)(F)F. The van der Waals surface area contributed by atoms with Crippen LogP contribution in [0.3, 0.4) is 0 Å². The van der Waals surface area contributed by atoms with Crippen molar-refractivity contribution in [2.45, 2.75) is 13.8 Å². The number of halogens is 4. The van der Waals surface area contributed by atoms with Crippen molar-refractivity contribution in [3.8, 4) is 0 Å². The van der Waals surface area contributed by atoms with Crippen LogP contribution in [0.2, 0.25) is 0 Å². The van der Waals surface area contributed by atoms with E-state index in [2.05, 4.69) is 20.9 Å². The number of hydrogen-bond acceptors (Lipinski definition) is 1. The van der Waals surface area contributed by atoms with Crippen LogP contribution in [0.15, 0.2) is 0 Å². The fourth-order valence-electron chi connectivity index (χ4n) is 0.781. The molecule has 0 amide bonds. The first-order valence-electron chi connectivity index (χ1n) is 4.50. The molecule has 7 heteroatoms. The molecule has 1 N–H and O–H groups in total. The van der Waals surface area contributed by atoms with Crippen LogP contribution in [0.5, 0.6) is 0 Å². The topological polar surface area (TPSA) is 20.2 Å². The van der Waals surface area contributed by atoms with E-state index in [9.17, 15) is 17.3 Å². The molecule has 0 aromatic heterocycles. The fourth-order valence-corrected chi connectivity index (χ4v) is 0.781. The molecule has 0 saturated carbocycles. The highest BCUT2D eigenvalue weighted by Gasteiger charge is 2.20. The average Bonchev–Trinajstić information content (AvgIpc) is 2.02. The smallest absolute Gasteiger partial charge is 0.418 e. The largest absolute Gasteiger partial charge is 0.673 e. The summed E-state index contributed by atoms with van der Waals surface area (Å²) in [4.78, 5) is 0. The molecule has 0 aromatic rings. The fraction of sp³-hybridized carbons (Fsp3) is 1.00. The third-order valence-corrected chi connectivity index (χ3v) is 2.17. The van der Waals surface area contributed by atoms with Crippen LogP contribution in [-0.4, -0.2) is 50.1 Å². The summed E-state index contributed by atoms with van der Waals surface area (Å²) in [7, 11) is -3.84. The van der Waals surface area contributed by atoms with Gasteiger partial charge in [-0.15, -0.1) is 0 Å². The molecule has 0 heterocycles. The molecule has 88 valence electrons. The maximum atomic E-state index is 9.75. The predicted molar refractivity (Wildman–Crippen MR) is 49.4 cm³/mol. The first-order valence-corrected chi connectivity index (χ1v) is 4.50. The van der Waals surface area contributed by atoms with Gasteiger partial charge < -0.3 is 26.9 Å². The molecule has 0 spiro atoms. The van der Waals surface area contributed by atoms with E-state index in [1.54, 1.807) is 0 Å². The lowest BCUT2D eigenvalue weighted by Crippen LogP contribution is -2.45. The molecule has 0 rings (SSSR count). The Balaban J connectivity index is 0. The van der Waals surface area contributed by atoms with Crippen molar-refractivity contribution in [1.29, 1.82) is 0 Å². The molecular weight excluding hydrogens is 201 g/mol. The lowest BCUT2D eigenvalue weighted by molar-refractivity contribution is -0.906. The Morgan fingerprint density at radius 3 is 1.43 bits per heavy atom. The zero-order valence-corrected chi connectivity index (χ0v) is 8.81. The highest BCUT2D eigenvalue weighted by atomic mass is 19.5. The summed E-state index contributed by atoms with van der Waals surface area (Å²) in [5.74, 6) is 0. The Morgan fingerprint density at radius 1 is 1.07 bits per heavy atom. The van der Waals surface area contributed by atoms with Gasteiger partial charge in [0.15, 0.2) is 0 Å². The minimum Gasteiger partial charge on any atom is -0.418 e. The summed E-state index contributed by atoms with van der Waals surface area (Å²) in [6.07, 6.45) is 0. The van der Waals surface area contributed by atoms with E-state index >= 15 is 0 Å². The van der Waals surface area contributed by atoms with Gasteiger partial charge in [-0.3, -0.25) is 0 Å². The second-order valence-corrected chi connectivity index (χ2v) is 3.19. The molecule has 0 radical (unpaired) electrons. The third kappa shape index (κ3) is 14.2. The summed E-state index contributed by atoms with van der Waals surface area (Å²) in [6, 6.07) is 0. The maximum absolute atomic E-state index is 9.75. The Morgan fingerprint density at radius 2 is 1.36 bits per heavy atom. The van der Waals surface area contributed by atoms with Crippen LogP contribution in [0, 0.1) is 0 Å². The molecule has 0 unspecified atom stereocenters. The molecular formula is C7H18BF4NO. The molecule has 0 aliphatic heterocycles. The van der Waals surface area contributed by atoms with E-state index < -0.39 is 7.25 Å². The van der Waals surface area contributed by atoms with Crippen molar-refractivity contribution in [3.63, 3.8) is 0 Å². The monoisotopic (exact) mass is 219 g/mol. The molecule has 0 bridgehead atoms. The van der Waals surface area contributed by atoms with Gasteiger partial charge in [0.2, 0.25) is 0 Å². The Bertz CT molecular complexity index is 132. The molecule has 2 nitrogen and oxygen atoms in total.